The number of ether oxygens (including phenoxy) is 5. The summed E-state index contributed by atoms with van der Waals surface area (Å²) < 4.78 is 26.7. The normalized spacial score (nSPS) is 11.3. The van der Waals surface area contributed by atoms with E-state index < -0.39 is 17.9 Å². The standard InChI is InChI=1S/C23H30N2O8/c1-7-30-17(26)12-14-18-15(11-16(25-18)23(28)33-10-4)20(31-8-2)21(29-6)19(14)24-13(5)22(27)32-9-3/h11,25H,7-10,12H2,1-6H3. The van der Waals surface area contributed by atoms with Crippen LogP contribution in [0, 0.1) is 0 Å². The molecule has 2 rings (SSSR count). The molecule has 33 heavy (non-hydrogen) atoms. The lowest BCUT2D eigenvalue weighted by Crippen LogP contribution is -2.14. The summed E-state index contributed by atoms with van der Waals surface area (Å²) in [6.45, 7) is 9.24. The van der Waals surface area contributed by atoms with Gasteiger partial charge in [0.1, 0.15) is 17.1 Å². The Kier molecular flexibility index (Phi) is 9.26. The molecule has 10 nitrogen and oxygen atoms in total. The van der Waals surface area contributed by atoms with E-state index in [1.54, 1.807) is 33.8 Å². The van der Waals surface area contributed by atoms with Crippen LogP contribution in [0.1, 0.15) is 50.7 Å². The molecule has 0 aliphatic carbocycles. The van der Waals surface area contributed by atoms with E-state index in [4.69, 9.17) is 23.7 Å². The monoisotopic (exact) mass is 462 g/mol. The highest BCUT2D eigenvalue weighted by Crippen LogP contribution is 2.47. The van der Waals surface area contributed by atoms with E-state index in [-0.39, 0.29) is 49.1 Å². The Hall–Kier alpha value is -3.56. The average molecular weight is 462 g/mol. The Morgan fingerprint density at radius 3 is 2.18 bits per heavy atom. The van der Waals surface area contributed by atoms with Crippen molar-refractivity contribution >= 4 is 40.2 Å². The van der Waals surface area contributed by atoms with Gasteiger partial charge in [0.25, 0.3) is 0 Å². The van der Waals surface area contributed by atoms with Gasteiger partial charge in [-0.3, -0.25) is 4.79 Å². The molecule has 0 saturated heterocycles. The van der Waals surface area contributed by atoms with Gasteiger partial charge in [0, 0.05) is 10.9 Å². The van der Waals surface area contributed by atoms with Gasteiger partial charge in [-0.25, -0.2) is 14.6 Å². The molecule has 1 aromatic carbocycles. The van der Waals surface area contributed by atoms with Crippen LogP contribution < -0.4 is 9.47 Å². The first-order valence-electron chi connectivity index (χ1n) is 10.8. The second-order valence-electron chi connectivity index (χ2n) is 6.71. The first kappa shape index (κ1) is 25.7. The number of methoxy groups -OCH3 is 1. The number of nitrogens with zero attached hydrogens (tertiary/aromatic N) is 1. The van der Waals surface area contributed by atoms with Crippen molar-refractivity contribution in [2.45, 2.75) is 41.0 Å². The van der Waals surface area contributed by atoms with Gasteiger partial charge < -0.3 is 28.7 Å². The average Bonchev–Trinajstić information content (AvgIpc) is 3.22. The van der Waals surface area contributed by atoms with E-state index in [1.807, 2.05) is 0 Å². The maximum absolute atomic E-state index is 12.4. The summed E-state index contributed by atoms with van der Waals surface area (Å²) in [6.07, 6.45) is -0.190. The van der Waals surface area contributed by atoms with E-state index in [0.717, 1.165) is 0 Å². The molecule has 0 aliphatic rings. The van der Waals surface area contributed by atoms with Gasteiger partial charge >= 0.3 is 17.9 Å². The third-order valence-corrected chi connectivity index (χ3v) is 4.54. The summed E-state index contributed by atoms with van der Waals surface area (Å²) in [6, 6.07) is 1.57. The van der Waals surface area contributed by atoms with Crippen LogP contribution in [-0.2, 0) is 30.2 Å². The number of rotatable bonds is 11. The minimum atomic E-state index is -0.613. The fourth-order valence-corrected chi connectivity index (χ4v) is 3.25. The van der Waals surface area contributed by atoms with Gasteiger partial charge in [-0.05, 0) is 40.7 Å². The second-order valence-corrected chi connectivity index (χ2v) is 6.71. The van der Waals surface area contributed by atoms with Crippen LogP contribution in [0.4, 0.5) is 5.69 Å². The third-order valence-electron chi connectivity index (χ3n) is 4.54. The van der Waals surface area contributed by atoms with Crippen molar-refractivity contribution in [1.29, 1.82) is 0 Å². The van der Waals surface area contributed by atoms with E-state index in [1.165, 1.54) is 14.0 Å². The van der Waals surface area contributed by atoms with Crippen LogP contribution in [0.25, 0.3) is 10.9 Å². The van der Waals surface area contributed by atoms with Crippen LogP contribution in [0.15, 0.2) is 11.1 Å². The number of aromatic amines is 1. The number of carbonyl (C=O) groups excluding carboxylic acids is 3. The zero-order valence-corrected chi connectivity index (χ0v) is 19.8. The highest BCUT2D eigenvalue weighted by atomic mass is 16.5. The predicted molar refractivity (Wildman–Crippen MR) is 122 cm³/mol. The van der Waals surface area contributed by atoms with Crippen LogP contribution in [-0.4, -0.2) is 62.1 Å². The number of hydrogen-bond acceptors (Lipinski definition) is 9. The van der Waals surface area contributed by atoms with E-state index in [0.29, 0.717) is 28.8 Å². The van der Waals surface area contributed by atoms with Gasteiger partial charge in [-0.1, -0.05) is 0 Å². The molecule has 0 bridgehead atoms. The Balaban J connectivity index is 2.90. The summed E-state index contributed by atoms with van der Waals surface area (Å²) >= 11 is 0. The SMILES string of the molecule is CCOC(=O)Cc1c(N=C(C)C(=O)OCC)c(OC)c(OCC)c2cc(C(=O)OCC)[nH]c12. The van der Waals surface area contributed by atoms with Crippen LogP contribution in [0.5, 0.6) is 11.5 Å². The zero-order chi connectivity index (χ0) is 24.5. The van der Waals surface area contributed by atoms with Gasteiger partial charge in [-0.15, -0.1) is 0 Å². The number of aliphatic imine (C=N–C) groups is 1. The number of hydrogen-bond donors (Lipinski definition) is 1. The molecule has 0 fully saturated rings. The molecule has 10 heteroatoms. The molecule has 180 valence electrons. The number of benzene rings is 1. The molecule has 0 aliphatic heterocycles. The minimum Gasteiger partial charge on any atom is -0.491 e. The number of aromatic nitrogens is 1. The third kappa shape index (κ3) is 5.82. The van der Waals surface area contributed by atoms with Crippen molar-refractivity contribution in [2.24, 2.45) is 4.99 Å². The van der Waals surface area contributed by atoms with Crippen LogP contribution in [0.3, 0.4) is 0 Å². The van der Waals surface area contributed by atoms with Crippen molar-refractivity contribution < 1.29 is 38.1 Å². The van der Waals surface area contributed by atoms with E-state index in [2.05, 4.69) is 9.98 Å². The topological polar surface area (TPSA) is 126 Å². The maximum atomic E-state index is 12.4. The lowest BCUT2D eigenvalue weighted by atomic mass is 10.0. The molecule has 0 atom stereocenters. The van der Waals surface area contributed by atoms with Crippen molar-refractivity contribution in [3.8, 4) is 11.5 Å². The summed E-state index contributed by atoms with van der Waals surface area (Å²) in [4.78, 5) is 44.5. The highest BCUT2D eigenvalue weighted by Gasteiger charge is 2.27. The van der Waals surface area contributed by atoms with Crippen molar-refractivity contribution in [1.82, 2.24) is 4.98 Å². The first-order valence-corrected chi connectivity index (χ1v) is 10.8. The van der Waals surface area contributed by atoms with Gasteiger partial charge in [0.2, 0.25) is 0 Å². The Morgan fingerprint density at radius 1 is 0.939 bits per heavy atom. The fourth-order valence-electron chi connectivity index (χ4n) is 3.25. The number of carbonyl (C=O) groups is 3. The van der Waals surface area contributed by atoms with Gasteiger partial charge in [0.05, 0.1) is 45.5 Å². The molecule has 0 radical (unpaired) electrons. The fraction of sp³-hybridized carbons (Fsp3) is 0.478. The molecule has 2 aromatic rings. The van der Waals surface area contributed by atoms with Crippen molar-refractivity contribution in [3.63, 3.8) is 0 Å². The smallest absolute Gasteiger partial charge is 0.354 e. The highest BCUT2D eigenvalue weighted by molar-refractivity contribution is 6.36. The largest absolute Gasteiger partial charge is 0.491 e. The lowest BCUT2D eigenvalue weighted by Gasteiger charge is -2.17. The maximum Gasteiger partial charge on any atom is 0.354 e. The molecule has 0 amide bonds. The quantitative estimate of drug-likeness (QED) is 0.305. The van der Waals surface area contributed by atoms with E-state index in [9.17, 15) is 14.4 Å². The van der Waals surface area contributed by atoms with Crippen LogP contribution in [0.2, 0.25) is 0 Å². The Bertz CT molecular complexity index is 1050. The van der Waals surface area contributed by atoms with Gasteiger partial charge in [0.15, 0.2) is 11.5 Å². The first-order chi connectivity index (χ1) is 15.8. The molecule has 1 aromatic heterocycles. The molecule has 0 saturated carbocycles. The second kappa shape index (κ2) is 11.9. The summed E-state index contributed by atoms with van der Waals surface area (Å²) in [5.41, 5.74) is 1.22. The lowest BCUT2D eigenvalue weighted by molar-refractivity contribution is -0.142. The summed E-state index contributed by atoms with van der Waals surface area (Å²) in [5.74, 6) is -1.17. The molecule has 0 unspecified atom stereocenters. The van der Waals surface area contributed by atoms with Crippen LogP contribution >= 0.6 is 0 Å². The molecule has 1 heterocycles. The molecule has 0 spiro atoms. The zero-order valence-electron chi connectivity index (χ0n) is 19.8. The number of H-pyrrole nitrogens is 1. The summed E-state index contributed by atoms with van der Waals surface area (Å²) in [7, 11) is 1.43. The molecular weight excluding hydrogens is 432 g/mol. The Labute approximate surface area is 192 Å². The summed E-state index contributed by atoms with van der Waals surface area (Å²) in [5, 5.41) is 0.504. The predicted octanol–water partition coefficient (Wildman–Crippen LogP) is 3.51. The number of fused-ring (bicyclic) bond motifs is 1. The van der Waals surface area contributed by atoms with Gasteiger partial charge in [-0.2, -0.15) is 0 Å². The Morgan fingerprint density at radius 2 is 1.61 bits per heavy atom. The molecule has 1 N–H and O–H groups in total. The van der Waals surface area contributed by atoms with Crippen molar-refractivity contribution in [2.75, 3.05) is 33.5 Å². The molecular formula is C23H30N2O8. The minimum absolute atomic E-state index is 0.0548. The number of esters is 3. The van der Waals surface area contributed by atoms with Crippen molar-refractivity contribution in [3.05, 3.63) is 17.3 Å². The van der Waals surface area contributed by atoms with E-state index >= 15 is 0 Å². The number of nitrogens with one attached hydrogen (secondary N) is 1.